The third kappa shape index (κ3) is 4.49. The first-order valence-corrected chi connectivity index (χ1v) is 10.7. The van der Waals surface area contributed by atoms with Crippen molar-refractivity contribution in [2.45, 2.75) is 58.1 Å². The Morgan fingerprint density at radius 2 is 1.82 bits per heavy atom. The van der Waals surface area contributed by atoms with Crippen LogP contribution in [0.2, 0.25) is 0 Å². The molecule has 0 atom stereocenters. The number of ether oxygens (including phenoxy) is 1. The molecule has 0 spiro atoms. The van der Waals surface area contributed by atoms with Gasteiger partial charge in [0.05, 0.1) is 12.0 Å². The summed E-state index contributed by atoms with van der Waals surface area (Å²) in [6.45, 7) is 4.93. The quantitative estimate of drug-likeness (QED) is 0.783. The summed E-state index contributed by atoms with van der Waals surface area (Å²) in [5.74, 6) is 1.02. The highest BCUT2D eigenvalue weighted by Crippen LogP contribution is 2.32. The molecule has 150 valence electrons. The van der Waals surface area contributed by atoms with Gasteiger partial charge in [0.15, 0.2) is 0 Å². The number of benzene rings is 2. The number of fused-ring (bicyclic) bond motifs is 1. The highest BCUT2D eigenvalue weighted by molar-refractivity contribution is 5.88. The predicted octanol–water partition coefficient (Wildman–Crippen LogP) is 5.09. The molecular weight excluding hydrogens is 350 g/mol. The number of rotatable bonds is 5. The van der Waals surface area contributed by atoms with Crippen molar-refractivity contribution in [3.8, 4) is 5.75 Å². The first-order chi connectivity index (χ1) is 13.6. The Hall–Kier alpha value is -2.07. The number of carboxylic acid groups (broad SMARTS) is 1. The van der Waals surface area contributed by atoms with Gasteiger partial charge in [-0.2, -0.15) is 0 Å². The van der Waals surface area contributed by atoms with Crippen molar-refractivity contribution < 1.29 is 14.6 Å². The molecule has 1 aliphatic heterocycles. The van der Waals surface area contributed by atoms with E-state index in [4.69, 9.17) is 9.84 Å². The lowest BCUT2D eigenvalue weighted by molar-refractivity contribution is -0.143. The van der Waals surface area contributed by atoms with Crippen LogP contribution < -0.4 is 4.74 Å². The van der Waals surface area contributed by atoms with Crippen LogP contribution in [0.1, 0.15) is 51.0 Å². The van der Waals surface area contributed by atoms with Crippen molar-refractivity contribution in [1.82, 2.24) is 4.90 Å². The van der Waals surface area contributed by atoms with E-state index < -0.39 is 5.97 Å². The minimum absolute atomic E-state index is 0.171. The van der Waals surface area contributed by atoms with Gasteiger partial charge in [0.2, 0.25) is 0 Å². The summed E-state index contributed by atoms with van der Waals surface area (Å²) in [5.41, 5.74) is 1.28. The zero-order valence-electron chi connectivity index (χ0n) is 16.8. The van der Waals surface area contributed by atoms with Crippen molar-refractivity contribution in [3.63, 3.8) is 0 Å². The summed E-state index contributed by atoms with van der Waals surface area (Å²) in [7, 11) is 0. The third-order valence-electron chi connectivity index (χ3n) is 6.50. The fourth-order valence-corrected chi connectivity index (χ4v) is 4.63. The Balaban J connectivity index is 1.42. The van der Waals surface area contributed by atoms with E-state index in [1.165, 1.54) is 29.2 Å². The summed E-state index contributed by atoms with van der Waals surface area (Å²) in [4.78, 5) is 13.5. The maximum absolute atomic E-state index is 11.1. The molecular formula is C24H31NO3. The highest BCUT2D eigenvalue weighted by Gasteiger charge is 2.24. The zero-order valence-corrected chi connectivity index (χ0v) is 16.8. The van der Waals surface area contributed by atoms with Crippen LogP contribution in [0.25, 0.3) is 10.8 Å². The molecule has 0 aromatic heterocycles. The van der Waals surface area contributed by atoms with Crippen molar-refractivity contribution in [3.05, 3.63) is 42.0 Å². The summed E-state index contributed by atoms with van der Waals surface area (Å²) >= 11 is 0. The van der Waals surface area contributed by atoms with Crippen molar-refractivity contribution in [2.24, 2.45) is 11.8 Å². The van der Waals surface area contributed by atoms with E-state index in [0.717, 1.165) is 57.0 Å². The van der Waals surface area contributed by atoms with Crippen molar-refractivity contribution in [1.29, 1.82) is 0 Å². The van der Waals surface area contributed by atoms with Crippen LogP contribution in [0.3, 0.4) is 0 Å². The van der Waals surface area contributed by atoms with Gasteiger partial charge in [-0.3, -0.25) is 9.69 Å². The molecule has 2 aromatic rings. The molecule has 2 fully saturated rings. The maximum Gasteiger partial charge on any atom is 0.306 e. The number of piperidine rings is 1. The smallest absolute Gasteiger partial charge is 0.306 e. The Labute approximate surface area is 167 Å². The van der Waals surface area contributed by atoms with Crippen LogP contribution in [0.15, 0.2) is 36.4 Å². The van der Waals surface area contributed by atoms with Gasteiger partial charge in [0, 0.05) is 11.9 Å². The van der Waals surface area contributed by atoms with Gasteiger partial charge >= 0.3 is 5.97 Å². The Bertz CT molecular complexity index is 818. The lowest BCUT2D eigenvalue weighted by Crippen LogP contribution is -2.35. The standard InChI is InChI=1S/C24H31NO3/c1-17-5-8-21(9-6-17)28-23-4-2-3-20-15-18(7-10-22(20)23)16-25-13-11-19(12-14-25)24(26)27/h2-4,7,10,15,17,19,21H,5-6,8-9,11-14,16H2,1H3,(H,26,27)/t17-,21+. The van der Waals surface area contributed by atoms with E-state index in [-0.39, 0.29) is 5.92 Å². The molecule has 28 heavy (non-hydrogen) atoms. The molecule has 4 nitrogen and oxygen atoms in total. The van der Waals surface area contributed by atoms with E-state index in [1.54, 1.807) is 0 Å². The minimum Gasteiger partial charge on any atom is -0.490 e. The molecule has 0 amide bonds. The molecule has 4 heteroatoms. The Morgan fingerprint density at radius 3 is 2.54 bits per heavy atom. The lowest BCUT2D eigenvalue weighted by Gasteiger charge is -2.30. The second-order valence-electron chi connectivity index (χ2n) is 8.70. The summed E-state index contributed by atoms with van der Waals surface area (Å²) in [5, 5.41) is 11.6. The van der Waals surface area contributed by atoms with E-state index in [9.17, 15) is 4.79 Å². The van der Waals surface area contributed by atoms with Crippen LogP contribution in [0, 0.1) is 11.8 Å². The fourth-order valence-electron chi connectivity index (χ4n) is 4.63. The number of carbonyl (C=O) groups is 1. The zero-order chi connectivity index (χ0) is 19.5. The molecule has 1 saturated carbocycles. The van der Waals surface area contributed by atoms with Crippen LogP contribution in [-0.2, 0) is 11.3 Å². The molecule has 1 saturated heterocycles. The molecule has 0 unspecified atom stereocenters. The topological polar surface area (TPSA) is 49.8 Å². The first kappa shape index (κ1) is 19.3. The van der Waals surface area contributed by atoms with Gasteiger partial charge in [-0.25, -0.2) is 0 Å². The maximum atomic E-state index is 11.1. The summed E-state index contributed by atoms with van der Waals surface area (Å²) in [6.07, 6.45) is 6.68. The van der Waals surface area contributed by atoms with Crippen LogP contribution in [-0.4, -0.2) is 35.2 Å². The largest absolute Gasteiger partial charge is 0.490 e. The molecule has 1 N–H and O–H groups in total. The highest BCUT2D eigenvalue weighted by atomic mass is 16.5. The SMILES string of the molecule is C[C@H]1CC[C@@H](Oc2cccc3cc(CN4CCC(C(=O)O)CC4)ccc23)CC1. The van der Waals surface area contributed by atoms with Gasteiger partial charge < -0.3 is 9.84 Å². The third-order valence-corrected chi connectivity index (χ3v) is 6.50. The van der Waals surface area contributed by atoms with Crippen molar-refractivity contribution >= 4 is 16.7 Å². The molecule has 2 aromatic carbocycles. The van der Waals surface area contributed by atoms with Gasteiger partial charge in [-0.15, -0.1) is 0 Å². The van der Waals surface area contributed by atoms with Gasteiger partial charge in [-0.05, 0) is 80.6 Å². The number of carboxylic acids is 1. The Kier molecular flexibility index (Phi) is 5.86. The van der Waals surface area contributed by atoms with E-state index in [2.05, 4.69) is 48.2 Å². The number of aliphatic carboxylic acids is 1. The normalized spacial score (nSPS) is 24.3. The summed E-state index contributed by atoms with van der Waals surface area (Å²) in [6, 6.07) is 13.0. The average molecular weight is 382 g/mol. The van der Waals surface area contributed by atoms with E-state index in [0.29, 0.717) is 6.10 Å². The second kappa shape index (κ2) is 8.52. The first-order valence-electron chi connectivity index (χ1n) is 10.7. The minimum atomic E-state index is -0.648. The van der Waals surface area contributed by atoms with Crippen LogP contribution in [0.5, 0.6) is 5.75 Å². The molecule has 0 bridgehead atoms. The van der Waals surface area contributed by atoms with E-state index in [1.807, 2.05) is 0 Å². The fraction of sp³-hybridized carbons (Fsp3) is 0.542. The summed E-state index contributed by atoms with van der Waals surface area (Å²) < 4.78 is 6.37. The number of likely N-dealkylation sites (tertiary alicyclic amines) is 1. The molecule has 1 aliphatic carbocycles. The van der Waals surface area contributed by atoms with Gasteiger partial charge in [-0.1, -0.05) is 31.2 Å². The van der Waals surface area contributed by atoms with Gasteiger partial charge in [0.25, 0.3) is 0 Å². The number of hydrogen-bond acceptors (Lipinski definition) is 3. The molecule has 4 rings (SSSR count). The molecule has 0 radical (unpaired) electrons. The van der Waals surface area contributed by atoms with Crippen LogP contribution >= 0.6 is 0 Å². The second-order valence-corrected chi connectivity index (χ2v) is 8.70. The Morgan fingerprint density at radius 1 is 1.07 bits per heavy atom. The molecule has 1 heterocycles. The monoisotopic (exact) mass is 381 g/mol. The average Bonchev–Trinajstić information content (AvgIpc) is 2.70. The predicted molar refractivity (Wildman–Crippen MR) is 112 cm³/mol. The van der Waals surface area contributed by atoms with Crippen molar-refractivity contribution in [2.75, 3.05) is 13.1 Å². The number of hydrogen-bond donors (Lipinski definition) is 1. The lowest BCUT2D eigenvalue weighted by atomic mass is 9.89. The molecule has 2 aliphatic rings. The van der Waals surface area contributed by atoms with Gasteiger partial charge in [0.1, 0.15) is 5.75 Å². The van der Waals surface area contributed by atoms with E-state index >= 15 is 0 Å². The number of nitrogens with zero attached hydrogens (tertiary/aromatic N) is 1. The van der Waals surface area contributed by atoms with Crippen LogP contribution in [0.4, 0.5) is 0 Å².